The van der Waals surface area contributed by atoms with Crippen LogP contribution in [0.25, 0.3) is 0 Å². The highest BCUT2D eigenvalue weighted by molar-refractivity contribution is 5.97. The Morgan fingerprint density at radius 2 is 1.45 bits per heavy atom. The van der Waals surface area contributed by atoms with Crippen molar-refractivity contribution in [2.75, 3.05) is 6.61 Å². The first-order chi connectivity index (χ1) is 9.40. The molecule has 0 saturated heterocycles. The lowest BCUT2D eigenvalue weighted by molar-refractivity contribution is -0.151. The second-order valence-corrected chi connectivity index (χ2v) is 5.42. The molecule has 0 aliphatic heterocycles. The topological polar surface area (TPSA) is 60.4 Å². The zero-order valence-corrected chi connectivity index (χ0v) is 13.2. The summed E-state index contributed by atoms with van der Waals surface area (Å²) < 4.78 is 4.90. The minimum absolute atomic E-state index is 0.117. The van der Waals surface area contributed by atoms with Crippen molar-refractivity contribution >= 4 is 17.5 Å². The van der Waals surface area contributed by atoms with Crippen LogP contribution in [-0.2, 0) is 19.1 Å². The SMILES string of the molecule is CCOC(=O)C(CCCCCCC(C)C(C)=O)C(C)=O. The molecule has 116 valence electrons. The number of esters is 1. The molecule has 0 N–H and O–H groups in total. The third-order valence-corrected chi connectivity index (χ3v) is 3.64. The lowest BCUT2D eigenvalue weighted by atomic mass is 9.95. The van der Waals surface area contributed by atoms with Gasteiger partial charge in [0.05, 0.1) is 6.61 Å². The van der Waals surface area contributed by atoms with Gasteiger partial charge in [0.2, 0.25) is 0 Å². The molecule has 0 heterocycles. The van der Waals surface area contributed by atoms with Gasteiger partial charge >= 0.3 is 5.97 Å². The second-order valence-electron chi connectivity index (χ2n) is 5.42. The maximum Gasteiger partial charge on any atom is 0.316 e. The van der Waals surface area contributed by atoms with E-state index in [9.17, 15) is 14.4 Å². The Morgan fingerprint density at radius 3 is 1.90 bits per heavy atom. The van der Waals surface area contributed by atoms with Crippen LogP contribution < -0.4 is 0 Å². The van der Waals surface area contributed by atoms with Crippen molar-refractivity contribution in [3.8, 4) is 0 Å². The van der Waals surface area contributed by atoms with Gasteiger partial charge in [-0.25, -0.2) is 0 Å². The summed E-state index contributed by atoms with van der Waals surface area (Å²) >= 11 is 0. The van der Waals surface area contributed by atoms with Gasteiger partial charge in [0.1, 0.15) is 17.5 Å². The van der Waals surface area contributed by atoms with Crippen LogP contribution in [-0.4, -0.2) is 24.1 Å². The van der Waals surface area contributed by atoms with Crippen LogP contribution in [0.3, 0.4) is 0 Å². The largest absolute Gasteiger partial charge is 0.465 e. The molecule has 0 saturated carbocycles. The molecule has 0 aromatic heterocycles. The number of carbonyl (C=O) groups excluding carboxylic acids is 3. The average molecular weight is 284 g/mol. The first-order valence-electron chi connectivity index (χ1n) is 7.57. The van der Waals surface area contributed by atoms with Crippen LogP contribution in [0.4, 0.5) is 0 Å². The van der Waals surface area contributed by atoms with Crippen LogP contribution in [0.5, 0.6) is 0 Å². The van der Waals surface area contributed by atoms with Crippen LogP contribution >= 0.6 is 0 Å². The van der Waals surface area contributed by atoms with Crippen LogP contribution in [0, 0.1) is 11.8 Å². The van der Waals surface area contributed by atoms with Crippen molar-refractivity contribution in [2.45, 2.75) is 66.2 Å². The molecule has 0 fully saturated rings. The standard InChI is InChI=1S/C16H28O4/c1-5-20-16(19)15(14(4)18)11-9-7-6-8-10-12(2)13(3)17/h12,15H,5-11H2,1-4H3. The smallest absolute Gasteiger partial charge is 0.316 e. The molecule has 2 unspecified atom stereocenters. The van der Waals surface area contributed by atoms with E-state index in [1.54, 1.807) is 13.8 Å². The summed E-state index contributed by atoms with van der Waals surface area (Å²) in [6, 6.07) is 0. The highest BCUT2D eigenvalue weighted by Crippen LogP contribution is 2.16. The summed E-state index contributed by atoms with van der Waals surface area (Å²) in [6.45, 7) is 7.07. The number of ketones is 2. The first-order valence-corrected chi connectivity index (χ1v) is 7.57. The predicted octanol–water partition coefficient (Wildman–Crippen LogP) is 3.32. The van der Waals surface area contributed by atoms with Gasteiger partial charge in [-0.2, -0.15) is 0 Å². The highest BCUT2D eigenvalue weighted by Gasteiger charge is 2.23. The lowest BCUT2D eigenvalue weighted by Crippen LogP contribution is -2.24. The van der Waals surface area contributed by atoms with E-state index in [0.29, 0.717) is 13.0 Å². The highest BCUT2D eigenvalue weighted by atomic mass is 16.5. The summed E-state index contributed by atoms with van der Waals surface area (Å²) in [5.41, 5.74) is 0. The van der Waals surface area contributed by atoms with Crippen LogP contribution in [0.2, 0.25) is 0 Å². The summed E-state index contributed by atoms with van der Waals surface area (Å²) in [6.07, 6.45) is 5.36. The molecule has 0 aliphatic carbocycles. The molecule has 0 amide bonds. The summed E-state index contributed by atoms with van der Waals surface area (Å²) in [7, 11) is 0. The van der Waals surface area contributed by atoms with Gasteiger partial charge in [0, 0.05) is 5.92 Å². The van der Waals surface area contributed by atoms with E-state index in [0.717, 1.165) is 32.1 Å². The van der Waals surface area contributed by atoms with E-state index in [-0.39, 0.29) is 17.5 Å². The van der Waals surface area contributed by atoms with Gasteiger partial charge in [-0.3, -0.25) is 14.4 Å². The molecule has 2 atom stereocenters. The monoisotopic (exact) mass is 284 g/mol. The molecule has 0 bridgehead atoms. The zero-order valence-electron chi connectivity index (χ0n) is 13.2. The van der Waals surface area contributed by atoms with Crippen molar-refractivity contribution in [3.63, 3.8) is 0 Å². The average Bonchev–Trinajstić information content (AvgIpc) is 2.36. The molecule has 0 rings (SSSR count). The number of carbonyl (C=O) groups is 3. The summed E-state index contributed by atoms with van der Waals surface area (Å²) in [4.78, 5) is 34.1. The summed E-state index contributed by atoms with van der Waals surface area (Å²) in [5.74, 6) is -0.742. The van der Waals surface area contributed by atoms with E-state index in [2.05, 4.69) is 0 Å². The molecule has 0 radical (unpaired) electrons. The normalized spacial score (nSPS) is 13.6. The molecule has 0 aromatic carbocycles. The Morgan fingerprint density at radius 1 is 0.900 bits per heavy atom. The predicted molar refractivity (Wildman–Crippen MR) is 78.4 cm³/mol. The van der Waals surface area contributed by atoms with E-state index in [1.807, 2.05) is 6.92 Å². The van der Waals surface area contributed by atoms with E-state index in [4.69, 9.17) is 4.74 Å². The summed E-state index contributed by atoms with van der Waals surface area (Å²) in [5, 5.41) is 0. The zero-order chi connectivity index (χ0) is 15.5. The Kier molecular flexibility index (Phi) is 9.95. The van der Waals surface area contributed by atoms with Gasteiger partial charge in [-0.05, 0) is 33.6 Å². The molecule has 0 spiro atoms. The maximum atomic E-state index is 11.6. The van der Waals surface area contributed by atoms with Crippen LogP contribution in [0.1, 0.15) is 66.2 Å². The minimum atomic E-state index is -0.605. The quantitative estimate of drug-likeness (QED) is 0.332. The fraction of sp³-hybridized carbons (Fsp3) is 0.812. The second kappa shape index (κ2) is 10.6. The van der Waals surface area contributed by atoms with Crippen LogP contribution in [0.15, 0.2) is 0 Å². The van der Waals surface area contributed by atoms with E-state index >= 15 is 0 Å². The van der Waals surface area contributed by atoms with Gasteiger partial charge in [0.25, 0.3) is 0 Å². The van der Waals surface area contributed by atoms with Crippen molar-refractivity contribution in [1.29, 1.82) is 0 Å². The van der Waals surface area contributed by atoms with Crippen molar-refractivity contribution < 1.29 is 19.1 Å². The fourth-order valence-corrected chi connectivity index (χ4v) is 2.09. The van der Waals surface area contributed by atoms with E-state index < -0.39 is 11.9 Å². The number of rotatable bonds is 11. The Balaban J connectivity index is 3.82. The molecular formula is C16H28O4. The molecule has 4 heteroatoms. The third kappa shape index (κ3) is 8.08. The molecule has 4 nitrogen and oxygen atoms in total. The third-order valence-electron chi connectivity index (χ3n) is 3.64. The van der Waals surface area contributed by atoms with E-state index in [1.165, 1.54) is 6.92 Å². The van der Waals surface area contributed by atoms with Crippen molar-refractivity contribution in [1.82, 2.24) is 0 Å². The molecule has 0 aromatic rings. The van der Waals surface area contributed by atoms with Gasteiger partial charge in [0.15, 0.2) is 0 Å². The van der Waals surface area contributed by atoms with Gasteiger partial charge in [-0.15, -0.1) is 0 Å². The molecular weight excluding hydrogens is 256 g/mol. The minimum Gasteiger partial charge on any atom is -0.465 e. The molecule has 0 aliphatic rings. The number of ether oxygens (including phenoxy) is 1. The van der Waals surface area contributed by atoms with Crippen molar-refractivity contribution in [3.05, 3.63) is 0 Å². The Bertz CT molecular complexity index is 322. The number of hydrogen-bond acceptors (Lipinski definition) is 4. The fourth-order valence-electron chi connectivity index (χ4n) is 2.09. The van der Waals surface area contributed by atoms with Gasteiger partial charge in [-0.1, -0.05) is 32.6 Å². The first kappa shape index (κ1) is 18.8. The van der Waals surface area contributed by atoms with Gasteiger partial charge < -0.3 is 4.74 Å². The van der Waals surface area contributed by atoms with Crippen molar-refractivity contribution in [2.24, 2.45) is 11.8 Å². The number of unbranched alkanes of at least 4 members (excludes halogenated alkanes) is 3. The lowest BCUT2D eigenvalue weighted by Gasteiger charge is -2.12. The maximum absolute atomic E-state index is 11.6. The Labute approximate surface area is 122 Å². The number of Topliss-reactive ketones (excluding diaryl/α,β-unsaturated/α-hetero) is 2. The molecule has 20 heavy (non-hydrogen) atoms. The Hall–Kier alpha value is -1.19. The number of hydrogen-bond donors (Lipinski definition) is 0.